The Labute approximate surface area is 159 Å². The lowest BCUT2D eigenvalue weighted by Crippen LogP contribution is -2.01. The first-order valence-corrected chi connectivity index (χ1v) is 10.7. The van der Waals surface area contributed by atoms with Crippen molar-refractivity contribution >= 4 is 33.9 Å². The Balaban J connectivity index is 1.60. The number of unbranched alkanes of at least 4 members (excludes halogenated alkanes) is 3. The van der Waals surface area contributed by atoms with Crippen LogP contribution in [0.4, 0.5) is 11.4 Å². The van der Waals surface area contributed by atoms with Gasteiger partial charge < -0.3 is 0 Å². The van der Waals surface area contributed by atoms with Gasteiger partial charge in [-0.05, 0) is 61.1 Å². The van der Waals surface area contributed by atoms with E-state index in [9.17, 15) is 8.42 Å². The molecule has 0 spiro atoms. The molecule has 0 aliphatic rings. The van der Waals surface area contributed by atoms with Gasteiger partial charge in [0.05, 0.1) is 0 Å². The van der Waals surface area contributed by atoms with E-state index in [4.69, 9.17) is 9.11 Å². The van der Waals surface area contributed by atoms with Crippen LogP contribution in [0.25, 0.3) is 0 Å². The van der Waals surface area contributed by atoms with E-state index in [0.29, 0.717) is 11.4 Å². The summed E-state index contributed by atoms with van der Waals surface area (Å²) in [5.41, 5.74) is 3.73. The maximum atomic E-state index is 10.7. The molecule has 2 aromatic rings. The standard InChI is InChI=1S/C18H24N2O4S2/c21-25(22)19-17-11-7-15(8-12-17)5-3-1-2-4-6-16-9-13-18(14-10-16)20-26(23)24/h7-14,19-20H,1-6H2,(H,21,22)(H,23,24). The fraction of sp³-hybridized carbons (Fsp3) is 0.333. The fourth-order valence-corrected chi connectivity index (χ4v) is 3.37. The highest BCUT2D eigenvalue weighted by Crippen LogP contribution is 2.15. The summed E-state index contributed by atoms with van der Waals surface area (Å²) in [5.74, 6) is 0. The van der Waals surface area contributed by atoms with Gasteiger partial charge in [-0.3, -0.25) is 18.5 Å². The molecule has 0 aromatic heterocycles. The minimum atomic E-state index is -2.03. The number of nitrogens with one attached hydrogen (secondary N) is 2. The number of aryl methyl sites for hydroxylation is 2. The highest BCUT2D eigenvalue weighted by atomic mass is 32.2. The predicted octanol–water partition coefficient (Wildman–Crippen LogP) is 4.13. The monoisotopic (exact) mass is 396 g/mol. The third-order valence-corrected chi connectivity index (χ3v) is 4.82. The molecule has 0 radical (unpaired) electrons. The fourth-order valence-electron chi connectivity index (χ4n) is 2.69. The number of benzene rings is 2. The largest absolute Gasteiger partial charge is 0.289 e. The highest BCUT2D eigenvalue weighted by Gasteiger charge is 1.99. The molecule has 8 heteroatoms. The summed E-state index contributed by atoms with van der Waals surface area (Å²) in [7, 11) is 0. The van der Waals surface area contributed by atoms with Crippen molar-refractivity contribution in [1.82, 2.24) is 0 Å². The van der Waals surface area contributed by atoms with Crippen molar-refractivity contribution in [2.45, 2.75) is 38.5 Å². The van der Waals surface area contributed by atoms with Crippen molar-refractivity contribution in [1.29, 1.82) is 0 Å². The molecule has 0 amide bonds. The lowest BCUT2D eigenvalue weighted by Gasteiger charge is -2.06. The molecule has 2 atom stereocenters. The topological polar surface area (TPSA) is 98.7 Å². The SMILES string of the molecule is O=S(O)Nc1ccc(CCCCCCc2ccc(NS(=O)O)cc2)cc1. The first-order valence-electron chi connectivity index (χ1n) is 8.46. The quantitative estimate of drug-likeness (QED) is 0.339. The van der Waals surface area contributed by atoms with Gasteiger partial charge in [-0.2, -0.15) is 0 Å². The molecule has 0 heterocycles. The smallest absolute Gasteiger partial charge is 0.259 e. The van der Waals surface area contributed by atoms with Gasteiger partial charge in [-0.1, -0.05) is 37.1 Å². The minimum absolute atomic E-state index is 0.640. The average Bonchev–Trinajstić information content (AvgIpc) is 2.60. The minimum Gasteiger partial charge on any atom is -0.289 e. The van der Waals surface area contributed by atoms with E-state index in [1.54, 1.807) is 0 Å². The summed E-state index contributed by atoms with van der Waals surface area (Å²) >= 11 is -4.06. The first-order chi connectivity index (χ1) is 12.5. The molecule has 0 saturated carbocycles. The Morgan fingerprint density at radius 1 is 0.615 bits per heavy atom. The van der Waals surface area contributed by atoms with E-state index in [1.165, 1.54) is 11.1 Å². The normalized spacial score (nSPS) is 13.2. The van der Waals surface area contributed by atoms with Crippen LogP contribution in [0, 0.1) is 0 Å². The van der Waals surface area contributed by atoms with Crippen LogP contribution in [0.5, 0.6) is 0 Å². The maximum Gasteiger partial charge on any atom is 0.259 e. The Hall–Kier alpha value is -1.74. The summed E-state index contributed by atoms with van der Waals surface area (Å²) in [4.78, 5) is 0. The lowest BCUT2D eigenvalue weighted by atomic mass is 10.0. The summed E-state index contributed by atoms with van der Waals surface area (Å²) in [6.07, 6.45) is 6.55. The summed E-state index contributed by atoms with van der Waals surface area (Å²) in [5, 5.41) is 0. The van der Waals surface area contributed by atoms with Crippen molar-refractivity contribution in [3.05, 3.63) is 59.7 Å². The summed E-state index contributed by atoms with van der Waals surface area (Å²) in [6.45, 7) is 0. The van der Waals surface area contributed by atoms with Gasteiger partial charge in [0.15, 0.2) is 0 Å². The van der Waals surface area contributed by atoms with Crippen LogP contribution >= 0.6 is 0 Å². The van der Waals surface area contributed by atoms with Gasteiger partial charge in [0.25, 0.3) is 22.5 Å². The van der Waals surface area contributed by atoms with Crippen LogP contribution in [-0.2, 0) is 35.4 Å². The Bertz CT molecular complexity index is 657. The van der Waals surface area contributed by atoms with Crippen molar-refractivity contribution in [3.8, 4) is 0 Å². The molecule has 2 aromatic carbocycles. The van der Waals surface area contributed by atoms with Crippen molar-refractivity contribution in [2.24, 2.45) is 0 Å². The molecule has 0 saturated heterocycles. The zero-order chi connectivity index (χ0) is 18.8. The average molecular weight is 397 g/mol. The van der Waals surface area contributed by atoms with Gasteiger partial charge >= 0.3 is 0 Å². The molecule has 0 bridgehead atoms. The molecule has 142 valence electrons. The Morgan fingerprint density at radius 2 is 0.962 bits per heavy atom. The van der Waals surface area contributed by atoms with Gasteiger partial charge in [0, 0.05) is 11.4 Å². The first kappa shape index (κ1) is 20.6. The molecule has 4 N–H and O–H groups in total. The van der Waals surface area contributed by atoms with E-state index in [-0.39, 0.29) is 0 Å². The molecule has 2 unspecified atom stereocenters. The van der Waals surface area contributed by atoms with E-state index in [0.717, 1.165) is 38.5 Å². The van der Waals surface area contributed by atoms with Crippen LogP contribution < -0.4 is 9.44 Å². The predicted molar refractivity (Wildman–Crippen MR) is 108 cm³/mol. The molecular formula is C18H24N2O4S2. The summed E-state index contributed by atoms with van der Waals surface area (Å²) < 4.78 is 43.7. The Kier molecular flexibility index (Phi) is 8.76. The van der Waals surface area contributed by atoms with Crippen molar-refractivity contribution in [2.75, 3.05) is 9.44 Å². The molecule has 0 aliphatic heterocycles. The number of hydrogen-bond donors (Lipinski definition) is 4. The molecular weight excluding hydrogens is 372 g/mol. The molecule has 0 fully saturated rings. The third kappa shape index (κ3) is 8.09. The number of rotatable bonds is 11. The maximum absolute atomic E-state index is 10.7. The highest BCUT2D eigenvalue weighted by molar-refractivity contribution is 7.80. The van der Waals surface area contributed by atoms with Gasteiger partial charge in [-0.15, -0.1) is 0 Å². The zero-order valence-corrected chi connectivity index (χ0v) is 16.0. The van der Waals surface area contributed by atoms with Crippen LogP contribution in [-0.4, -0.2) is 17.5 Å². The summed E-state index contributed by atoms with van der Waals surface area (Å²) in [6, 6.07) is 15.2. The van der Waals surface area contributed by atoms with Crippen molar-refractivity contribution in [3.63, 3.8) is 0 Å². The van der Waals surface area contributed by atoms with E-state index in [2.05, 4.69) is 9.44 Å². The van der Waals surface area contributed by atoms with Crippen LogP contribution in [0.2, 0.25) is 0 Å². The van der Waals surface area contributed by atoms with Gasteiger partial charge in [0.2, 0.25) is 0 Å². The number of anilines is 2. The Morgan fingerprint density at radius 3 is 1.27 bits per heavy atom. The second kappa shape index (κ2) is 11.1. The molecule has 6 nitrogen and oxygen atoms in total. The lowest BCUT2D eigenvalue weighted by molar-refractivity contribution is 0.568. The van der Waals surface area contributed by atoms with Gasteiger partial charge in [-0.25, -0.2) is 8.42 Å². The van der Waals surface area contributed by atoms with Crippen LogP contribution in [0.15, 0.2) is 48.5 Å². The molecule has 26 heavy (non-hydrogen) atoms. The van der Waals surface area contributed by atoms with E-state index >= 15 is 0 Å². The van der Waals surface area contributed by atoms with Crippen molar-refractivity contribution < 1.29 is 17.5 Å². The second-order valence-electron chi connectivity index (χ2n) is 6.01. The van der Waals surface area contributed by atoms with E-state index in [1.807, 2.05) is 48.5 Å². The number of hydrogen-bond acceptors (Lipinski definition) is 2. The van der Waals surface area contributed by atoms with Gasteiger partial charge in [0.1, 0.15) is 0 Å². The second-order valence-corrected chi connectivity index (χ2v) is 7.42. The molecule has 2 rings (SSSR count). The molecule has 0 aliphatic carbocycles. The van der Waals surface area contributed by atoms with Crippen LogP contribution in [0.1, 0.15) is 36.8 Å². The zero-order valence-electron chi connectivity index (χ0n) is 14.4. The third-order valence-electron chi connectivity index (χ3n) is 4.00. The van der Waals surface area contributed by atoms with Crippen LogP contribution in [0.3, 0.4) is 0 Å². The van der Waals surface area contributed by atoms with E-state index < -0.39 is 22.5 Å².